The van der Waals surface area contributed by atoms with Crippen LogP contribution in [0.5, 0.6) is 17.2 Å². The van der Waals surface area contributed by atoms with Crippen molar-refractivity contribution in [3.05, 3.63) is 51.6 Å². The number of methoxy groups -OCH3 is 1. The van der Waals surface area contributed by atoms with Crippen LogP contribution in [-0.4, -0.2) is 106 Å². The van der Waals surface area contributed by atoms with Gasteiger partial charge in [-0.15, -0.1) is 0 Å². The van der Waals surface area contributed by atoms with Crippen molar-refractivity contribution < 1.29 is 57.8 Å². The van der Waals surface area contributed by atoms with Gasteiger partial charge in [-0.05, 0) is 64.5 Å². The zero-order valence-corrected chi connectivity index (χ0v) is 29.0. The summed E-state index contributed by atoms with van der Waals surface area (Å²) in [7, 11) is 3.18. The number of nitrogens with one attached hydrogen (secondary N) is 2. The van der Waals surface area contributed by atoms with Gasteiger partial charge in [0.1, 0.15) is 30.5 Å². The highest BCUT2D eigenvalue weighted by atomic mass is 16.7. The maximum absolute atomic E-state index is 13.9. The van der Waals surface area contributed by atoms with Crippen LogP contribution in [0.2, 0.25) is 0 Å². The molecule has 14 heteroatoms. The number of fused-ring (bicyclic) bond motifs is 3. The van der Waals surface area contributed by atoms with Crippen molar-refractivity contribution in [3.8, 4) is 17.2 Å². The quantitative estimate of drug-likeness (QED) is 0.141. The van der Waals surface area contributed by atoms with Crippen LogP contribution in [-0.2, 0) is 39.7 Å². The van der Waals surface area contributed by atoms with Crippen molar-refractivity contribution in [2.24, 2.45) is 5.92 Å². The van der Waals surface area contributed by atoms with Crippen LogP contribution in [0, 0.1) is 5.92 Å². The van der Waals surface area contributed by atoms with Gasteiger partial charge in [0.05, 0.1) is 42.6 Å². The lowest BCUT2D eigenvalue weighted by Crippen LogP contribution is -2.37. The van der Waals surface area contributed by atoms with Crippen molar-refractivity contribution in [2.45, 2.75) is 76.2 Å². The van der Waals surface area contributed by atoms with E-state index in [2.05, 4.69) is 10.6 Å². The van der Waals surface area contributed by atoms with Gasteiger partial charge in [-0.25, -0.2) is 0 Å². The van der Waals surface area contributed by atoms with Crippen molar-refractivity contribution >= 4 is 23.3 Å². The van der Waals surface area contributed by atoms with Crippen molar-refractivity contribution in [1.29, 1.82) is 0 Å². The fraction of sp³-hybridized carbons (Fsp3) is 0.568. The molecule has 2 heterocycles. The van der Waals surface area contributed by atoms with Crippen molar-refractivity contribution in [3.63, 3.8) is 0 Å². The highest BCUT2D eigenvalue weighted by Gasteiger charge is 2.44. The van der Waals surface area contributed by atoms with Gasteiger partial charge >= 0.3 is 0 Å². The average Bonchev–Trinajstić information content (AvgIpc) is 3.14. The minimum absolute atomic E-state index is 0.00523. The predicted molar refractivity (Wildman–Crippen MR) is 180 cm³/mol. The fourth-order valence-corrected chi connectivity index (χ4v) is 7.31. The van der Waals surface area contributed by atoms with Crippen LogP contribution in [0.15, 0.2) is 18.2 Å². The molecule has 0 saturated carbocycles. The van der Waals surface area contributed by atoms with Gasteiger partial charge in [-0.2, -0.15) is 0 Å². The second kappa shape index (κ2) is 16.6. The molecule has 6 rings (SSSR count). The van der Waals surface area contributed by atoms with E-state index in [4.69, 9.17) is 28.4 Å². The zero-order valence-electron chi connectivity index (χ0n) is 29.0. The summed E-state index contributed by atoms with van der Waals surface area (Å²) in [6.07, 6.45) is 2.05. The van der Waals surface area contributed by atoms with Crippen molar-refractivity contribution in [2.75, 3.05) is 53.7 Å². The maximum atomic E-state index is 13.9. The number of phenolic OH excluding ortho intramolecular Hbond substituents is 2. The molecule has 1 amide bonds. The first-order valence-electron chi connectivity index (χ1n) is 17.6. The molecule has 51 heavy (non-hydrogen) atoms. The van der Waals surface area contributed by atoms with Crippen LogP contribution in [0.25, 0.3) is 0 Å². The van der Waals surface area contributed by atoms with Crippen LogP contribution < -0.4 is 15.4 Å². The molecule has 2 saturated heterocycles. The Morgan fingerprint density at radius 2 is 1.75 bits per heavy atom. The van der Waals surface area contributed by atoms with Gasteiger partial charge in [0, 0.05) is 42.3 Å². The molecule has 3 unspecified atom stereocenters. The van der Waals surface area contributed by atoms with Gasteiger partial charge in [0.2, 0.25) is 11.7 Å². The summed E-state index contributed by atoms with van der Waals surface area (Å²) in [5.74, 6) is -3.24. The first kappa shape index (κ1) is 36.9. The number of amides is 1. The molecule has 2 fully saturated rings. The smallest absolute Gasteiger partial charge is 0.246 e. The number of rotatable bonds is 14. The number of ketones is 3. The minimum Gasteiger partial charge on any atom is -0.507 e. The van der Waals surface area contributed by atoms with Crippen LogP contribution in [0.1, 0.15) is 94.0 Å². The van der Waals surface area contributed by atoms with Gasteiger partial charge in [0.15, 0.2) is 24.1 Å². The van der Waals surface area contributed by atoms with E-state index in [1.165, 1.54) is 13.2 Å². The van der Waals surface area contributed by atoms with E-state index in [9.17, 15) is 29.4 Å². The number of Topliss-reactive ketones (excluding diaryl/α,β-unsaturated/α-hetero) is 1. The molecule has 2 aliphatic carbocycles. The summed E-state index contributed by atoms with van der Waals surface area (Å²) < 4.78 is 35.0. The number of ether oxygens (including phenoxy) is 6. The zero-order chi connectivity index (χ0) is 36.1. The molecule has 0 aromatic heterocycles. The van der Waals surface area contributed by atoms with E-state index in [1.54, 1.807) is 19.2 Å². The summed E-state index contributed by atoms with van der Waals surface area (Å²) in [5, 5.41) is 29.1. The van der Waals surface area contributed by atoms with Crippen LogP contribution in [0.3, 0.4) is 0 Å². The Kier molecular flexibility index (Phi) is 12.0. The second-order valence-corrected chi connectivity index (χ2v) is 13.3. The first-order chi connectivity index (χ1) is 24.7. The number of hydrogen-bond acceptors (Lipinski definition) is 13. The van der Waals surface area contributed by atoms with Crippen LogP contribution in [0.4, 0.5) is 0 Å². The van der Waals surface area contributed by atoms with E-state index in [0.29, 0.717) is 32.5 Å². The Morgan fingerprint density at radius 1 is 0.941 bits per heavy atom. The molecule has 4 N–H and O–H groups in total. The van der Waals surface area contributed by atoms with E-state index in [0.717, 1.165) is 25.7 Å². The Balaban J connectivity index is 1.18. The lowest BCUT2D eigenvalue weighted by atomic mass is 9.73. The Morgan fingerprint density at radius 3 is 2.51 bits per heavy atom. The number of aromatic hydroxyl groups is 2. The highest BCUT2D eigenvalue weighted by molar-refractivity contribution is 6.31. The predicted octanol–water partition coefficient (Wildman–Crippen LogP) is 2.86. The lowest BCUT2D eigenvalue weighted by molar-refractivity contribution is -0.207. The average molecular weight is 711 g/mol. The van der Waals surface area contributed by atoms with Crippen LogP contribution >= 0.6 is 0 Å². The van der Waals surface area contributed by atoms with Gasteiger partial charge < -0.3 is 49.3 Å². The SMILES string of the molecule is CNCCNC(=O)COCC1CCCC(OCC(=O)C2Cc3c(O)c4c(c(O)c3[C@@H](O[C@H]3CCCCO3)C2)C(=O)c2c(OC)cccc2C4=O)O1. The largest absolute Gasteiger partial charge is 0.507 e. The van der Waals surface area contributed by atoms with E-state index < -0.39 is 47.7 Å². The van der Waals surface area contributed by atoms with E-state index >= 15 is 0 Å². The Bertz CT molecular complexity index is 1640. The molecule has 2 aromatic carbocycles. The third-order valence-electron chi connectivity index (χ3n) is 9.90. The number of hydrogen-bond donors (Lipinski definition) is 4. The molecule has 0 radical (unpaired) electrons. The standard InChI is InChI=1S/C37H46N2O12/c1-38-12-13-39-27(41)19-47-17-21-7-5-11-29(50-21)49-18-24(40)20-15-23-31(26(16-20)51-28-10-3-4-14-48-28)37(45)33-32(35(23)43)34(42)22-8-6-9-25(46-2)30(22)36(33)44/h6,8-9,20-21,26,28-29,38,43,45H,3-5,7,10-19H2,1-2H3,(H,39,41)/t20?,21?,26-,28-,29?/m0/s1. The maximum Gasteiger partial charge on any atom is 0.246 e. The molecule has 2 aromatic rings. The first-order valence-corrected chi connectivity index (χ1v) is 17.6. The monoisotopic (exact) mass is 710 g/mol. The molecule has 14 nitrogen and oxygen atoms in total. The third-order valence-corrected chi connectivity index (χ3v) is 9.90. The number of likely N-dealkylation sites (N-methyl/N-ethyl adjacent to an activating group) is 1. The summed E-state index contributed by atoms with van der Waals surface area (Å²) in [6, 6.07) is 4.60. The summed E-state index contributed by atoms with van der Waals surface area (Å²) in [5.41, 5.74) is -0.240. The normalized spacial score (nSPS) is 24.3. The van der Waals surface area contributed by atoms with Gasteiger partial charge in [-0.1, -0.05) is 12.1 Å². The number of carbonyl (C=O) groups excluding carboxylic acids is 4. The number of carbonyl (C=O) groups is 4. The molecular formula is C37H46N2O12. The lowest BCUT2D eigenvalue weighted by Gasteiger charge is -2.36. The summed E-state index contributed by atoms with van der Waals surface area (Å²) in [4.78, 5) is 53.3. The molecule has 0 spiro atoms. The molecular weight excluding hydrogens is 664 g/mol. The molecule has 0 bridgehead atoms. The van der Waals surface area contributed by atoms with Gasteiger partial charge in [0.25, 0.3) is 0 Å². The molecule has 276 valence electrons. The van der Waals surface area contributed by atoms with E-state index in [1.807, 2.05) is 0 Å². The number of phenols is 2. The van der Waals surface area contributed by atoms with E-state index in [-0.39, 0.29) is 89.6 Å². The molecule has 4 aliphatic rings. The summed E-state index contributed by atoms with van der Waals surface area (Å²) >= 11 is 0. The number of benzene rings is 2. The topological polar surface area (TPSA) is 188 Å². The Labute approximate surface area is 296 Å². The Hall–Kier alpha value is -3.92. The second-order valence-electron chi connectivity index (χ2n) is 13.3. The minimum atomic E-state index is -0.924. The molecule has 5 atom stereocenters. The highest BCUT2D eigenvalue weighted by Crippen LogP contribution is 2.51. The fourth-order valence-electron chi connectivity index (χ4n) is 7.31. The molecule has 2 aliphatic heterocycles. The van der Waals surface area contributed by atoms with Gasteiger partial charge in [-0.3, -0.25) is 19.2 Å². The third kappa shape index (κ3) is 7.96. The summed E-state index contributed by atoms with van der Waals surface area (Å²) in [6.45, 7) is 1.49. The van der Waals surface area contributed by atoms with Crippen molar-refractivity contribution in [1.82, 2.24) is 10.6 Å².